The highest BCUT2D eigenvalue weighted by Crippen LogP contribution is 2.33. The Bertz CT molecular complexity index is 1780. The smallest absolute Gasteiger partial charge is 0.274 e. The summed E-state index contributed by atoms with van der Waals surface area (Å²) in [6, 6.07) is 18.9. The minimum Gasteiger partial charge on any atom is -0.328 e. The second-order valence-corrected chi connectivity index (χ2v) is 12.1. The third-order valence-electron chi connectivity index (χ3n) is 7.24. The average Bonchev–Trinajstić information content (AvgIpc) is 3.48. The van der Waals surface area contributed by atoms with Crippen LogP contribution in [0.5, 0.6) is 0 Å². The summed E-state index contributed by atoms with van der Waals surface area (Å²) < 4.78 is 27.6. The van der Waals surface area contributed by atoms with Gasteiger partial charge in [0.1, 0.15) is 5.82 Å². The maximum Gasteiger partial charge on any atom is 0.274 e. The first-order valence-corrected chi connectivity index (χ1v) is 14.4. The molecule has 5 rings (SSSR count). The van der Waals surface area contributed by atoms with Gasteiger partial charge < -0.3 is 4.90 Å². The molecule has 0 aliphatic carbocycles. The number of sulfonamides is 1. The summed E-state index contributed by atoms with van der Waals surface area (Å²) in [6.07, 6.45) is 1.30. The standard InChI is InChI=1S/C29H29N5O6S/c1-32(2)41(39,40)22-15-13-21(14-16-22)28(36)33-17-5-8-25(33)26-30-24-7-4-3-6-23(24)29(37)34(26)18-19-9-11-20(12-10-19)27(35)31-38/h3-4,6-7,9-16,25,38H,5,8,17-18H2,1-2H3,(H,31,35)/t25-/m0/s1. The Labute approximate surface area is 236 Å². The van der Waals surface area contributed by atoms with Crippen molar-refractivity contribution in [2.24, 2.45) is 0 Å². The van der Waals surface area contributed by atoms with E-state index in [-0.39, 0.29) is 28.5 Å². The number of likely N-dealkylation sites (tertiary alicyclic amines) is 1. The van der Waals surface area contributed by atoms with Crippen molar-refractivity contribution in [2.45, 2.75) is 30.3 Å². The van der Waals surface area contributed by atoms with Crippen molar-refractivity contribution in [1.82, 2.24) is 24.2 Å². The maximum atomic E-state index is 13.7. The van der Waals surface area contributed by atoms with Gasteiger partial charge in [-0.1, -0.05) is 24.3 Å². The van der Waals surface area contributed by atoms with Crippen molar-refractivity contribution in [3.8, 4) is 0 Å². The molecule has 1 fully saturated rings. The summed E-state index contributed by atoms with van der Waals surface area (Å²) in [5.74, 6) is -0.479. The third-order valence-corrected chi connectivity index (χ3v) is 9.07. The van der Waals surface area contributed by atoms with E-state index in [9.17, 15) is 22.8 Å². The number of benzene rings is 3. The lowest BCUT2D eigenvalue weighted by atomic mass is 10.1. The molecular formula is C29H29N5O6S. The summed E-state index contributed by atoms with van der Waals surface area (Å²) >= 11 is 0. The minimum atomic E-state index is -3.64. The van der Waals surface area contributed by atoms with Crippen LogP contribution < -0.4 is 11.0 Å². The number of hydroxylamine groups is 1. The summed E-state index contributed by atoms with van der Waals surface area (Å²) in [5, 5.41) is 9.34. The van der Waals surface area contributed by atoms with E-state index in [2.05, 4.69) is 0 Å². The molecule has 0 unspecified atom stereocenters. The van der Waals surface area contributed by atoms with Crippen LogP contribution in [0.25, 0.3) is 10.9 Å². The number of carbonyl (C=O) groups excluding carboxylic acids is 2. The van der Waals surface area contributed by atoms with E-state index >= 15 is 0 Å². The first-order chi connectivity index (χ1) is 19.6. The topological polar surface area (TPSA) is 142 Å². The van der Waals surface area contributed by atoms with Crippen molar-refractivity contribution in [3.63, 3.8) is 0 Å². The van der Waals surface area contributed by atoms with E-state index in [0.717, 1.165) is 9.87 Å². The van der Waals surface area contributed by atoms with Crippen molar-refractivity contribution in [3.05, 3.63) is 106 Å². The number of nitrogens with zero attached hydrogens (tertiary/aromatic N) is 4. The summed E-state index contributed by atoms with van der Waals surface area (Å²) in [5.41, 5.74) is 3.20. The first kappa shape index (κ1) is 28.1. The Morgan fingerprint density at radius 1 is 1.00 bits per heavy atom. The first-order valence-electron chi connectivity index (χ1n) is 13.0. The highest BCUT2D eigenvalue weighted by molar-refractivity contribution is 7.89. The van der Waals surface area contributed by atoms with Gasteiger partial charge in [0, 0.05) is 31.8 Å². The van der Waals surface area contributed by atoms with Gasteiger partial charge in [-0.3, -0.25) is 24.2 Å². The van der Waals surface area contributed by atoms with E-state index in [1.54, 1.807) is 63.5 Å². The minimum absolute atomic E-state index is 0.0875. The Morgan fingerprint density at radius 3 is 2.32 bits per heavy atom. The zero-order valence-electron chi connectivity index (χ0n) is 22.5. The Morgan fingerprint density at radius 2 is 1.66 bits per heavy atom. The van der Waals surface area contributed by atoms with Crippen LogP contribution >= 0.6 is 0 Å². The molecule has 1 aromatic heterocycles. The normalized spacial score (nSPS) is 15.4. The van der Waals surface area contributed by atoms with Crippen LogP contribution in [0.15, 0.2) is 82.5 Å². The molecule has 4 aromatic rings. The predicted molar refractivity (Wildman–Crippen MR) is 151 cm³/mol. The number of para-hydroxylation sites is 1. The molecule has 1 aliphatic heterocycles. The number of amides is 2. The largest absolute Gasteiger partial charge is 0.328 e. The van der Waals surface area contributed by atoms with E-state index in [1.165, 1.54) is 38.4 Å². The second kappa shape index (κ2) is 11.2. The number of aromatic nitrogens is 2. The van der Waals surface area contributed by atoms with Crippen LogP contribution in [0.2, 0.25) is 0 Å². The third kappa shape index (κ3) is 5.36. The molecule has 1 saturated heterocycles. The van der Waals surface area contributed by atoms with Gasteiger partial charge in [0.15, 0.2) is 0 Å². The SMILES string of the molecule is CN(C)S(=O)(=O)c1ccc(C(=O)N2CCC[C@H]2c2nc3ccccc3c(=O)n2Cc2ccc(C(=O)NO)cc2)cc1. The Balaban J connectivity index is 1.52. The molecule has 0 saturated carbocycles. The number of fused-ring (bicyclic) bond motifs is 1. The van der Waals surface area contributed by atoms with Gasteiger partial charge in [0.25, 0.3) is 17.4 Å². The van der Waals surface area contributed by atoms with Gasteiger partial charge in [0.2, 0.25) is 10.0 Å². The van der Waals surface area contributed by atoms with Crippen molar-refractivity contribution in [2.75, 3.05) is 20.6 Å². The van der Waals surface area contributed by atoms with Crippen molar-refractivity contribution >= 4 is 32.7 Å². The van der Waals surface area contributed by atoms with E-state index in [1.807, 2.05) is 0 Å². The molecule has 11 nitrogen and oxygen atoms in total. The molecule has 41 heavy (non-hydrogen) atoms. The molecular weight excluding hydrogens is 546 g/mol. The molecule has 212 valence electrons. The zero-order valence-corrected chi connectivity index (χ0v) is 23.3. The molecule has 1 atom stereocenters. The van der Waals surface area contributed by atoms with Crippen LogP contribution in [0.3, 0.4) is 0 Å². The molecule has 0 spiro atoms. The van der Waals surface area contributed by atoms with Crippen LogP contribution in [-0.4, -0.2) is 64.8 Å². The fraction of sp³-hybridized carbons (Fsp3) is 0.241. The average molecular weight is 576 g/mol. The van der Waals surface area contributed by atoms with Crippen molar-refractivity contribution < 1.29 is 23.2 Å². The van der Waals surface area contributed by atoms with Gasteiger partial charge in [0.05, 0.1) is 28.4 Å². The Hall–Kier alpha value is -4.39. The van der Waals surface area contributed by atoms with Crippen LogP contribution in [0, 0.1) is 0 Å². The predicted octanol–water partition coefficient (Wildman–Crippen LogP) is 2.79. The van der Waals surface area contributed by atoms with E-state index in [4.69, 9.17) is 10.2 Å². The van der Waals surface area contributed by atoms with Crippen LogP contribution in [0.1, 0.15) is 51.0 Å². The number of rotatable bonds is 7. The lowest BCUT2D eigenvalue weighted by molar-refractivity contribution is 0.0705. The molecule has 2 amide bonds. The van der Waals surface area contributed by atoms with E-state index < -0.39 is 22.0 Å². The number of nitrogens with one attached hydrogen (secondary N) is 1. The molecule has 1 aliphatic rings. The highest BCUT2D eigenvalue weighted by Gasteiger charge is 2.34. The molecule has 2 heterocycles. The zero-order chi connectivity index (χ0) is 29.3. The number of hydrogen-bond acceptors (Lipinski definition) is 7. The summed E-state index contributed by atoms with van der Waals surface area (Å²) in [7, 11) is -0.748. The molecule has 3 aromatic carbocycles. The fourth-order valence-electron chi connectivity index (χ4n) is 5.03. The highest BCUT2D eigenvalue weighted by atomic mass is 32.2. The van der Waals surface area contributed by atoms with Crippen molar-refractivity contribution in [1.29, 1.82) is 0 Å². The van der Waals surface area contributed by atoms with Gasteiger partial charge in [-0.2, -0.15) is 0 Å². The molecule has 0 bridgehead atoms. The molecule has 2 N–H and O–H groups in total. The van der Waals surface area contributed by atoms with Gasteiger partial charge in [-0.15, -0.1) is 0 Å². The molecule has 0 radical (unpaired) electrons. The van der Waals surface area contributed by atoms with Gasteiger partial charge >= 0.3 is 0 Å². The summed E-state index contributed by atoms with van der Waals surface area (Å²) in [4.78, 5) is 45.7. The monoisotopic (exact) mass is 575 g/mol. The summed E-state index contributed by atoms with van der Waals surface area (Å²) in [6.45, 7) is 0.609. The lowest BCUT2D eigenvalue weighted by Crippen LogP contribution is -2.36. The molecule has 12 heteroatoms. The maximum absolute atomic E-state index is 13.7. The van der Waals surface area contributed by atoms with E-state index in [0.29, 0.717) is 41.7 Å². The van der Waals surface area contributed by atoms with Crippen LogP contribution in [0.4, 0.5) is 0 Å². The van der Waals surface area contributed by atoms with Gasteiger partial charge in [-0.25, -0.2) is 23.2 Å². The second-order valence-electron chi connectivity index (χ2n) is 9.98. The van der Waals surface area contributed by atoms with Gasteiger partial charge in [-0.05, 0) is 66.9 Å². The number of hydrogen-bond donors (Lipinski definition) is 2. The fourth-order valence-corrected chi connectivity index (χ4v) is 5.93. The lowest BCUT2D eigenvalue weighted by Gasteiger charge is -2.27. The Kier molecular flexibility index (Phi) is 7.72. The quantitative estimate of drug-likeness (QED) is 0.255. The number of carbonyl (C=O) groups is 2. The van der Waals surface area contributed by atoms with Crippen LogP contribution in [-0.2, 0) is 16.6 Å².